The van der Waals surface area contributed by atoms with Crippen molar-refractivity contribution < 1.29 is 14.3 Å². The van der Waals surface area contributed by atoms with Gasteiger partial charge in [0, 0.05) is 13.1 Å². The molecule has 2 rings (SSSR count). The van der Waals surface area contributed by atoms with Crippen LogP contribution < -0.4 is 9.64 Å². The lowest BCUT2D eigenvalue weighted by Gasteiger charge is -2.25. The van der Waals surface area contributed by atoms with Crippen molar-refractivity contribution in [2.45, 2.75) is 6.92 Å². The topological polar surface area (TPSA) is 51.7 Å². The van der Waals surface area contributed by atoms with Crippen LogP contribution >= 0.6 is 11.3 Å². The number of rotatable bonds is 4. The number of carbonyl (C=O) groups excluding carboxylic acids is 1. The molecule has 2 heterocycles. The maximum absolute atomic E-state index is 10.8. The summed E-state index contributed by atoms with van der Waals surface area (Å²) in [5.41, 5.74) is 0. The first kappa shape index (κ1) is 11.3. The molecule has 0 bridgehead atoms. The Balaban J connectivity index is 2.17. The van der Waals surface area contributed by atoms with Gasteiger partial charge in [-0.3, -0.25) is 4.79 Å². The second-order valence-electron chi connectivity index (χ2n) is 3.32. The van der Waals surface area contributed by atoms with E-state index in [4.69, 9.17) is 9.47 Å². The summed E-state index contributed by atoms with van der Waals surface area (Å²) in [5.74, 6) is 0.448. The Kier molecular flexibility index (Phi) is 3.74. The van der Waals surface area contributed by atoms with Crippen LogP contribution in [0.25, 0.3) is 0 Å². The Labute approximate surface area is 98.0 Å². The summed E-state index contributed by atoms with van der Waals surface area (Å²) in [5, 5.41) is 0.842. The fourth-order valence-corrected chi connectivity index (χ4v) is 2.39. The largest absolute Gasteiger partial charge is 0.477 e. The number of thiazole rings is 1. The van der Waals surface area contributed by atoms with Gasteiger partial charge in [-0.05, 0) is 6.92 Å². The third-order valence-electron chi connectivity index (χ3n) is 2.28. The standard InChI is InChI=1S/C10H14N2O3S/c1-2-15-9-8(7-13)16-10(11-9)12-3-5-14-6-4-12/h7H,2-6H2,1H3. The van der Waals surface area contributed by atoms with Crippen LogP contribution in [0.3, 0.4) is 0 Å². The highest BCUT2D eigenvalue weighted by Crippen LogP contribution is 2.30. The first-order valence-electron chi connectivity index (χ1n) is 5.26. The lowest BCUT2D eigenvalue weighted by molar-refractivity contribution is 0.112. The molecule has 0 unspecified atom stereocenters. The number of ether oxygens (including phenoxy) is 2. The van der Waals surface area contributed by atoms with Crippen LogP contribution in [0.5, 0.6) is 5.88 Å². The zero-order valence-electron chi connectivity index (χ0n) is 9.14. The number of morpholine rings is 1. The molecule has 0 atom stereocenters. The summed E-state index contributed by atoms with van der Waals surface area (Å²) in [6.07, 6.45) is 0.798. The van der Waals surface area contributed by atoms with E-state index in [1.807, 2.05) is 6.92 Å². The highest BCUT2D eigenvalue weighted by Gasteiger charge is 2.18. The second-order valence-corrected chi connectivity index (χ2v) is 4.33. The van der Waals surface area contributed by atoms with Crippen molar-refractivity contribution in [1.82, 2.24) is 4.98 Å². The van der Waals surface area contributed by atoms with Crippen LogP contribution in [0.4, 0.5) is 5.13 Å². The van der Waals surface area contributed by atoms with Crippen molar-refractivity contribution in [3.05, 3.63) is 4.88 Å². The van der Waals surface area contributed by atoms with Crippen LogP contribution in [-0.2, 0) is 4.74 Å². The molecule has 1 aliphatic rings. The Hall–Kier alpha value is -1.14. The van der Waals surface area contributed by atoms with Crippen molar-refractivity contribution in [2.75, 3.05) is 37.8 Å². The molecule has 0 spiro atoms. The van der Waals surface area contributed by atoms with E-state index < -0.39 is 0 Å². The van der Waals surface area contributed by atoms with Crippen LogP contribution in [-0.4, -0.2) is 44.2 Å². The quantitative estimate of drug-likeness (QED) is 0.742. The van der Waals surface area contributed by atoms with E-state index in [2.05, 4.69) is 9.88 Å². The van der Waals surface area contributed by atoms with E-state index in [0.29, 0.717) is 30.6 Å². The number of hydrogen-bond acceptors (Lipinski definition) is 6. The van der Waals surface area contributed by atoms with Gasteiger partial charge in [0.15, 0.2) is 11.4 Å². The van der Waals surface area contributed by atoms with E-state index in [9.17, 15) is 4.79 Å². The lowest BCUT2D eigenvalue weighted by Crippen LogP contribution is -2.36. The van der Waals surface area contributed by atoms with E-state index in [1.165, 1.54) is 11.3 Å². The Bertz CT molecular complexity index is 361. The Morgan fingerprint density at radius 3 is 2.94 bits per heavy atom. The summed E-state index contributed by atoms with van der Waals surface area (Å²) in [6.45, 7) is 5.45. The van der Waals surface area contributed by atoms with Gasteiger partial charge in [0.1, 0.15) is 4.88 Å². The van der Waals surface area contributed by atoms with Gasteiger partial charge in [0.2, 0.25) is 5.88 Å². The van der Waals surface area contributed by atoms with Crippen molar-refractivity contribution >= 4 is 22.8 Å². The predicted molar refractivity (Wildman–Crippen MR) is 61.7 cm³/mol. The number of nitrogens with zero attached hydrogens (tertiary/aromatic N) is 2. The third-order valence-corrected chi connectivity index (χ3v) is 3.30. The summed E-state index contributed by atoms with van der Waals surface area (Å²) < 4.78 is 10.6. The van der Waals surface area contributed by atoms with E-state index in [0.717, 1.165) is 24.5 Å². The molecule has 6 heteroatoms. The average Bonchev–Trinajstić information content (AvgIpc) is 2.74. The van der Waals surface area contributed by atoms with Gasteiger partial charge < -0.3 is 14.4 Å². The number of aldehydes is 1. The lowest BCUT2D eigenvalue weighted by atomic mass is 10.5. The monoisotopic (exact) mass is 242 g/mol. The average molecular weight is 242 g/mol. The molecule has 0 N–H and O–H groups in total. The van der Waals surface area contributed by atoms with Crippen molar-refractivity contribution in [3.8, 4) is 5.88 Å². The molecule has 1 saturated heterocycles. The predicted octanol–water partition coefficient (Wildman–Crippen LogP) is 1.19. The molecule has 5 nitrogen and oxygen atoms in total. The Morgan fingerprint density at radius 1 is 1.56 bits per heavy atom. The van der Waals surface area contributed by atoms with Gasteiger partial charge in [0.25, 0.3) is 0 Å². The normalized spacial score (nSPS) is 16.2. The first-order valence-corrected chi connectivity index (χ1v) is 6.08. The van der Waals surface area contributed by atoms with Gasteiger partial charge >= 0.3 is 0 Å². The van der Waals surface area contributed by atoms with Gasteiger partial charge in [-0.25, -0.2) is 0 Å². The van der Waals surface area contributed by atoms with Crippen molar-refractivity contribution in [2.24, 2.45) is 0 Å². The van der Waals surface area contributed by atoms with Gasteiger partial charge in [0.05, 0.1) is 19.8 Å². The third kappa shape index (κ3) is 2.33. The fraction of sp³-hybridized carbons (Fsp3) is 0.600. The van der Waals surface area contributed by atoms with E-state index in [-0.39, 0.29) is 0 Å². The Morgan fingerprint density at radius 2 is 2.31 bits per heavy atom. The summed E-state index contributed by atoms with van der Waals surface area (Å²) in [6, 6.07) is 0. The first-order chi connectivity index (χ1) is 7.85. The minimum absolute atomic E-state index is 0.448. The molecular formula is C10H14N2O3S. The fourth-order valence-electron chi connectivity index (χ4n) is 1.51. The van der Waals surface area contributed by atoms with Crippen molar-refractivity contribution in [1.29, 1.82) is 0 Å². The molecule has 0 amide bonds. The zero-order valence-corrected chi connectivity index (χ0v) is 9.96. The van der Waals surface area contributed by atoms with Crippen molar-refractivity contribution in [3.63, 3.8) is 0 Å². The van der Waals surface area contributed by atoms with Gasteiger partial charge in [-0.2, -0.15) is 4.98 Å². The highest BCUT2D eigenvalue weighted by molar-refractivity contribution is 7.17. The zero-order chi connectivity index (χ0) is 11.4. The molecule has 0 aromatic carbocycles. The SMILES string of the molecule is CCOc1nc(N2CCOCC2)sc1C=O. The second kappa shape index (κ2) is 5.27. The van der Waals surface area contributed by atoms with Crippen LogP contribution in [0.1, 0.15) is 16.6 Å². The molecule has 0 radical (unpaired) electrons. The summed E-state index contributed by atoms with van der Waals surface area (Å²) in [4.78, 5) is 17.8. The van der Waals surface area contributed by atoms with Crippen LogP contribution in [0, 0.1) is 0 Å². The molecule has 0 saturated carbocycles. The van der Waals surface area contributed by atoms with Crippen LogP contribution in [0.15, 0.2) is 0 Å². The van der Waals surface area contributed by atoms with E-state index in [1.54, 1.807) is 0 Å². The molecule has 1 fully saturated rings. The number of anilines is 1. The molecule has 1 aromatic heterocycles. The maximum Gasteiger partial charge on any atom is 0.237 e. The van der Waals surface area contributed by atoms with Gasteiger partial charge in [-0.15, -0.1) is 0 Å². The number of hydrogen-bond donors (Lipinski definition) is 0. The summed E-state index contributed by atoms with van der Waals surface area (Å²) >= 11 is 1.37. The smallest absolute Gasteiger partial charge is 0.237 e. The number of carbonyl (C=O) groups is 1. The molecule has 0 aliphatic carbocycles. The number of aromatic nitrogens is 1. The molecule has 88 valence electrons. The minimum Gasteiger partial charge on any atom is -0.477 e. The highest BCUT2D eigenvalue weighted by atomic mass is 32.1. The van der Waals surface area contributed by atoms with E-state index >= 15 is 0 Å². The minimum atomic E-state index is 0.448. The molecule has 1 aromatic rings. The van der Waals surface area contributed by atoms with Crippen LogP contribution in [0.2, 0.25) is 0 Å². The molecular weight excluding hydrogens is 228 g/mol. The molecule has 16 heavy (non-hydrogen) atoms. The summed E-state index contributed by atoms with van der Waals surface area (Å²) in [7, 11) is 0. The van der Waals surface area contributed by atoms with Gasteiger partial charge in [-0.1, -0.05) is 11.3 Å². The molecule has 1 aliphatic heterocycles. The maximum atomic E-state index is 10.8.